The van der Waals surface area contributed by atoms with E-state index in [0.29, 0.717) is 5.69 Å². The van der Waals surface area contributed by atoms with Crippen LogP contribution in [0, 0.1) is 23.1 Å². The number of rotatable bonds is 5. The van der Waals surface area contributed by atoms with Gasteiger partial charge in [0.1, 0.15) is 5.82 Å². The molecule has 1 aliphatic rings. The monoisotopic (exact) mass is 340 g/mol. The Balaban J connectivity index is 1.86. The van der Waals surface area contributed by atoms with Crippen molar-refractivity contribution < 1.29 is 14.0 Å². The average molecular weight is 340 g/mol. The summed E-state index contributed by atoms with van der Waals surface area (Å²) in [5.41, 5.74) is 0.451. The van der Waals surface area contributed by atoms with Crippen molar-refractivity contribution in [1.29, 1.82) is 5.26 Å². The first kappa shape index (κ1) is 16.8. The molecule has 1 fully saturated rings. The Kier molecular flexibility index (Phi) is 4.61. The summed E-state index contributed by atoms with van der Waals surface area (Å²) >= 11 is 0. The number of benzene rings is 1. The Bertz CT molecular complexity index is 862. The molecule has 3 rings (SSSR count). The molecule has 0 radical (unpaired) electrons. The zero-order valence-corrected chi connectivity index (χ0v) is 13.8. The molecule has 0 spiro atoms. The van der Waals surface area contributed by atoms with Gasteiger partial charge in [-0.15, -0.1) is 0 Å². The lowest BCUT2D eigenvalue weighted by atomic mass is 9.94. The van der Waals surface area contributed by atoms with Crippen molar-refractivity contribution in [1.82, 2.24) is 9.55 Å². The molecule has 1 atom stereocenters. The van der Waals surface area contributed by atoms with Crippen molar-refractivity contribution in [2.75, 3.05) is 18.0 Å². The van der Waals surface area contributed by atoms with E-state index in [9.17, 15) is 19.2 Å². The third-order valence-electron chi connectivity index (χ3n) is 4.37. The summed E-state index contributed by atoms with van der Waals surface area (Å²) < 4.78 is 15.8. The number of carbonyl (C=O) groups excluding carboxylic acids is 2. The molecule has 2 heterocycles. The van der Waals surface area contributed by atoms with E-state index in [0.717, 1.165) is 32.0 Å². The second-order valence-electron chi connectivity index (χ2n) is 6.01. The minimum atomic E-state index is -1.54. The summed E-state index contributed by atoms with van der Waals surface area (Å²) in [6.07, 6.45) is 4.98. The Morgan fingerprint density at radius 2 is 2.00 bits per heavy atom. The second kappa shape index (κ2) is 6.85. The van der Waals surface area contributed by atoms with Crippen LogP contribution in [0.1, 0.15) is 33.8 Å². The van der Waals surface area contributed by atoms with Crippen LogP contribution >= 0.6 is 0 Å². The Morgan fingerprint density at radius 1 is 1.28 bits per heavy atom. The third-order valence-corrected chi connectivity index (χ3v) is 4.37. The van der Waals surface area contributed by atoms with Crippen LogP contribution in [-0.4, -0.2) is 34.2 Å². The van der Waals surface area contributed by atoms with Crippen molar-refractivity contribution >= 4 is 17.3 Å². The van der Waals surface area contributed by atoms with Crippen LogP contribution in [-0.2, 0) is 7.05 Å². The van der Waals surface area contributed by atoms with E-state index >= 15 is 0 Å². The highest BCUT2D eigenvalue weighted by molar-refractivity contribution is 6.17. The predicted octanol–water partition coefficient (Wildman–Crippen LogP) is 2.36. The number of ketones is 2. The molecule has 128 valence electrons. The molecule has 25 heavy (non-hydrogen) atoms. The molecule has 6 nitrogen and oxygen atoms in total. The number of hydrogen-bond donors (Lipinski definition) is 0. The molecule has 7 heteroatoms. The fourth-order valence-corrected chi connectivity index (χ4v) is 3.01. The first-order chi connectivity index (χ1) is 12.0. The lowest BCUT2D eigenvalue weighted by Crippen LogP contribution is -2.26. The van der Waals surface area contributed by atoms with Crippen molar-refractivity contribution in [3.05, 3.63) is 47.8 Å². The lowest BCUT2D eigenvalue weighted by Gasteiger charge is -2.18. The number of nitriles is 1. The molecular formula is C18H17FN4O2. The number of aryl methyl sites for hydroxylation is 1. The first-order valence-electron chi connectivity index (χ1n) is 8.03. The quantitative estimate of drug-likeness (QED) is 0.617. The third kappa shape index (κ3) is 3.15. The lowest BCUT2D eigenvalue weighted by molar-refractivity contribution is 0.0837. The molecule has 1 saturated heterocycles. The number of halogens is 1. The maximum absolute atomic E-state index is 14.4. The van der Waals surface area contributed by atoms with E-state index in [4.69, 9.17) is 0 Å². The summed E-state index contributed by atoms with van der Waals surface area (Å²) in [5, 5.41) is 9.28. The Morgan fingerprint density at radius 3 is 2.56 bits per heavy atom. The van der Waals surface area contributed by atoms with Crippen LogP contribution in [0.4, 0.5) is 10.1 Å². The van der Waals surface area contributed by atoms with E-state index in [-0.39, 0.29) is 11.4 Å². The van der Waals surface area contributed by atoms with Crippen LogP contribution in [0.3, 0.4) is 0 Å². The predicted molar refractivity (Wildman–Crippen MR) is 88.8 cm³/mol. The fourth-order valence-electron chi connectivity index (χ4n) is 3.01. The van der Waals surface area contributed by atoms with Crippen molar-refractivity contribution in [2.45, 2.75) is 12.8 Å². The van der Waals surface area contributed by atoms with Gasteiger partial charge in [0.25, 0.3) is 0 Å². The summed E-state index contributed by atoms with van der Waals surface area (Å²) in [6, 6.07) is 5.83. The topological polar surface area (TPSA) is 79.0 Å². The van der Waals surface area contributed by atoms with Gasteiger partial charge in [-0.25, -0.2) is 9.37 Å². The van der Waals surface area contributed by atoms with Gasteiger partial charge in [0, 0.05) is 38.1 Å². The van der Waals surface area contributed by atoms with Crippen molar-refractivity contribution in [2.24, 2.45) is 13.0 Å². The van der Waals surface area contributed by atoms with Gasteiger partial charge in [-0.05, 0) is 31.0 Å². The Hall–Kier alpha value is -3.01. The molecular weight excluding hydrogens is 323 g/mol. The van der Waals surface area contributed by atoms with Gasteiger partial charge in [0.15, 0.2) is 17.5 Å². The van der Waals surface area contributed by atoms with E-state index in [2.05, 4.69) is 4.98 Å². The van der Waals surface area contributed by atoms with Crippen molar-refractivity contribution in [3.8, 4) is 6.07 Å². The van der Waals surface area contributed by atoms with Crippen LogP contribution in [0.5, 0.6) is 0 Å². The SMILES string of the molecule is Cn1ccnc1C(=O)[C@H](C#N)C(=O)c1ccc(N2CCCC2)c(F)c1. The van der Waals surface area contributed by atoms with Crippen LogP contribution in [0.25, 0.3) is 0 Å². The molecule has 0 N–H and O–H groups in total. The molecule has 0 aliphatic carbocycles. The molecule has 0 saturated carbocycles. The number of carbonyl (C=O) groups is 2. The number of imidazole rings is 1. The maximum Gasteiger partial charge on any atom is 0.223 e. The smallest absolute Gasteiger partial charge is 0.223 e. The Labute approximate surface area is 144 Å². The average Bonchev–Trinajstić information content (AvgIpc) is 3.26. The van der Waals surface area contributed by atoms with Crippen LogP contribution < -0.4 is 4.90 Å². The number of nitrogens with zero attached hydrogens (tertiary/aromatic N) is 4. The summed E-state index contributed by atoms with van der Waals surface area (Å²) in [4.78, 5) is 30.7. The van der Waals surface area contributed by atoms with Crippen LogP contribution in [0.15, 0.2) is 30.6 Å². The van der Waals surface area contributed by atoms with E-state index in [1.54, 1.807) is 19.3 Å². The highest BCUT2D eigenvalue weighted by Gasteiger charge is 2.31. The van der Waals surface area contributed by atoms with E-state index in [1.807, 2.05) is 4.90 Å². The van der Waals surface area contributed by atoms with Gasteiger partial charge >= 0.3 is 0 Å². The van der Waals surface area contributed by atoms with E-state index in [1.165, 1.54) is 22.9 Å². The summed E-state index contributed by atoms with van der Waals surface area (Å²) in [7, 11) is 1.60. The fraction of sp³-hybridized carbons (Fsp3) is 0.333. The summed E-state index contributed by atoms with van der Waals surface area (Å²) in [5.74, 6) is -3.45. The number of anilines is 1. The van der Waals surface area contributed by atoms with E-state index < -0.39 is 23.3 Å². The highest BCUT2D eigenvalue weighted by Crippen LogP contribution is 2.25. The zero-order chi connectivity index (χ0) is 18.0. The largest absolute Gasteiger partial charge is 0.369 e. The molecule has 0 unspecified atom stereocenters. The van der Waals surface area contributed by atoms with Crippen LogP contribution in [0.2, 0.25) is 0 Å². The summed E-state index contributed by atoms with van der Waals surface area (Å²) in [6.45, 7) is 1.56. The second-order valence-corrected chi connectivity index (χ2v) is 6.01. The zero-order valence-electron chi connectivity index (χ0n) is 13.8. The molecule has 1 aliphatic heterocycles. The van der Waals surface area contributed by atoms with Gasteiger partial charge in [0.05, 0.1) is 11.8 Å². The van der Waals surface area contributed by atoms with Gasteiger partial charge in [-0.1, -0.05) is 0 Å². The molecule has 0 bridgehead atoms. The molecule has 1 aromatic carbocycles. The maximum atomic E-state index is 14.4. The molecule has 1 aromatic heterocycles. The minimum absolute atomic E-state index is 0.00885. The first-order valence-corrected chi connectivity index (χ1v) is 8.03. The standard InChI is InChI=1S/C18H17FN4O2/c1-22-9-6-21-18(22)17(25)13(11-20)16(24)12-4-5-15(14(19)10-12)23-7-2-3-8-23/h4-6,9-10,13H,2-3,7-8H2,1H3/t13-/m1/s1. The van der Waals surface area contributed by atoms with Gasteiger partial charge in [0.2, 0.25) is 5.78 Å². The number of aromatic nitrogens is 2. The minimum Gasteiger partial charge on any atom is -0.369 e. The van der Waals surface area contributed by atoms with Gasteiger partial charge in [-0.2, -0.15) is 5.26 Å². The normalized spacial score (nSPS) is 15.0. The number of Topliss-reactive ketones (excluding diaryl/α,β-unsaturated/α-hetero) is 2. The molecule has 0 amide bonds. The van der Waals surface area contributed by atoms with Gasteiger partial charge in [-0.3, -0.25) is 9.59 Å². The number of hydrogen-bond acceptors (Lipinski definition) is 5. The highest BCUT2D eigenvalue weighted by atomic mass is 19.1. The van der Waals surface area contributed by atoms with Gasteiger partial charge < -0.3 is 9.47 Å². The van der Waals surface area contributed by atoms with Crippen molar-refractivity contribution in [3.63, 3.8) is 0 Å². The molecule has 2 aromatic rings.